The van der Waals surface area contributed by atoms with Crippen molar-refractivity contribution in [3.05, 3.63) is 0 Å². The van der Waals surface area contributed by atoms with Crippen LogP contribution in [0.1, 0.15) is 139 Å². The highest BCUT2D eigenvalue weighted by atomic mass is 15.2. The second kappa shape index (κ2) is 20.5. The van der Waals surface area contributed by atoms with Gasteiger partial charge in [0, 0.05) is 18.6 Å². The lowest BCUT2D eigenvalue weighted by molar-refractivity contribution is 0.0817. The smallest absolute Gasteiger partial charge is 0.00953 e. The molecule has 0 radical (unpaired) electrons. The lowest BCUT2D eigenvalue weighted by Crippen LogP contribution is -2.45. The first-order valence-electron chi connectivity index (χ1n) is 14.5. The first-order chi connectivity index (χ1) is 15.0. The quantitative estimate of drug-likeness (QED) is 0.434. The van der Waals surface area contributed by atoms with Gasteiger partial charge in [0.05, 0.1) is 0 Å². The number of rotatable bonds is 3. The van der Waals surface area contributed by atoms with Gasteiger partial charge in [0.25, 0.3) is 0 Å². The minimum absolute atomic E-state index is 0.884. The van der Waals surface area contributed by atoms with E-state index in [0.717, 1.165) is 23.9 Å². The predicted molar refractivity (Wildman–Crippen MR) is 143 cm³/mol. The fourth-order valence-corrected chi connectivity index (χ4v) is 4.34. The molecule has 0 bridgehead atoms. The topological polar surface area (TPSA) is 6.48 Å². The minimum Gasteiger partial charge on any atom is -0.300 e. The normalized spacial score (nSPS) is 24.5. The lowest BCUT2D eigenvalue weighted by atomic mass is 9.88. The number of hydrogen-bond donors (Lipinski definition) is 0. The van der Waals surface area contributed by atoms with Crippen molar-refractivity contribution in [3.63, 3.8) is 0 Å². The molecule has 4 rings (SSSR count). The van der Waals surface area contributed by atoms with Crippen molar-refractivity contribution in [2.75, 3.05) is 26.2 Å². The molecule has 0 amide bonds. The van der Waals surface area contributed by atoms with E-state index in [1.807, 2.05) is 13.8 Å². The van der Waals surface area contributed by atoms with Gasteiger partial charge in [-0.2, -0.15) is 0 Å². The maximum absolute atomic E-state index is 2.72. The van der Waals surface area contributed by atoms with Crippen molar-refractivity contribution >= 4 is 0 Å². The van der Waals surface area contributed by atoms with Crippen LogP contribution in [0.15, 0.2) is 0 Å². The summed E-state index contributed by atoms with van der Waals surface area (Å²) in [5, 5.41) is 0. The third kappa shape index (κ3) is 14.6. The Hall–Kier alpha value is -0.0800. The molecule has 2 aliphatic heterocycles. The molecule has 1 unspecified atom stereocenters. The highest BCUT2D eigenvalue weighted by Crippen LogP contribution is 2.29. The van der Waals surface area contributed by atoms with Crippen molar-refractivity contribution in [2.45, 2.75) is 151 Å². The van der Waals surface area contributed by atoms with Crippen LogP contribution in [-0.4, -0.2) is 48.1 Å². The molecule has 0 aromatic rings. The molecule has 2 nitrogen and oxygen atoms in total. The van der Waals surface area contributed by atoms with Gasteiger partial charge in [0.2, 0.25) is 0 Å². The summed E-state index contributed by atoms with van der Waals surface area (Å²) in [6, 6.07) is 1.98. The third-order valence-corrected chi connectivity index (χ3v) is 7.08. The Morgan fingerprint density at radius 1 is 0.645 bits per heavy atom. The van der Waals surface area contributed by atoms with Gasteiger partial charge >= 0.3 is 0 Å². The fraction of sp³-hybridized carbons (Fsp3) is 1.00. The van der Waals surface area contributed by atoms with Crippen molar-refractivity contribution in [2.24, 2.45) is 11.8 Å². The van der Waals surface area contributed by atoms with E-state index < -0.39 is 0 Å². The van der Waals surface area contributed by atoms with Gasteiger partial charge in [-0.15, -0.1) is 0 Å². The molecule has 188 valence electrons. The van der Waals surface area contributed by atoms with E-state index in [0.29, 0.717) is 0 Å². The Balaban J connectivity index is 0.000000415. The van der Waals surface area contributed by atoms with E-state index in [9.17, 15) is 0 Å². The molecule has 0 N–H and O–H groups in total. The van der Waals surface area contributed by atoms with Gasteiger partial charge in [0.1, 0.15) is 0 Å². The average Bonchev–Trinajstić information content (AvgIpc) is 2.69. The van der Waals surface area contributed by atoms with Crippen LogP contribution in [0.5, 0.6) is 0 Å². The number of hydrogen-bond acceptors (Lipinski definition) is 2. The van der Waals surface area contributed by atoms with Crippen molar-refractivity contribution < 1.29 is 0 Å². The van der Waals surface area contributed by atoms with Crippen LogP contribution in [0, 0.1) is 11.8 Å². The maximum Gasteiger partial charge on any atom is 0.00953 e. The highest BCUT2D eigenvalue weighted by Gasteiger charge is 2.27. The molecule has 2 saturated carbocycles. The van der Waals surface area contributed by atoms with Gasteiger partial charge in [-0.1, -0.05) is 87.5 Å². The second-order valence-electron chi connectivity index (χ2n) is 10.5. The van der Waals surface area contributed by atoms with Crippen LogP contribution < -0.4 is 0 Å². The monoisotopic (exact) mass is 438 g/mol. The molecule has 2 heteroatoms. The number of likely N-dealkylation sites (tertiary alicyclic amines) is 2. The molecule has 0 spiro atoms. The Kier molecular flexibility index (Phi) is 20.5. The van der Waals surface area contributed by atoms with Crippen LogP contribution >= 0.6 is 0 Å². The molecule has 2 saturated heterocycles. The van der Waals surface area contributed by atoms with Gasteiger partial charge in [0.15, 0.2) is 0 Å². The van der Waals surface area contributed by atoms with Gasteiger partial charge < -0.3 is 9.80 Å². The number of piperidine rings is 2. The Morgan fingerprint density at radius 3 is 1.42 bits per heavy atom. The molecule has 4 aliphatic rings. The van der Waals surface area contributed by atoms with Gasteiger partial charge in [-0.05, 0) is 82.8 Å². The standard InChI is InChI=1S/C10H19N.C9H17N.C5H12.C3H8.C2H6/c1-9-4-3-7-11(8-9)10-5-2-6-10;1-2-7-10(8-3-1)9-5-4-6-9;1-4-5(2)3;1-3-2;1-2/h9-10H,2-8H2,1H3;9H,1-8H2;5H,4H2,1-3H3;3H2,1-2H3;1-2H3. The predicted octanol–water partition coefficient (Wildman–Crippen LogP) is 8.79. The zero-order valence-corrected chi connectivity index (χ0v) is 23.2. The van der Waals surface area contributed by atoms with Crippen molar-refractivity contribution in [1.82, 2.24) is 9.80 Å². The second-order valence-corrected chi connectivity index (χ2v) is 10.5. The fourth-order valence-electron chi connectivity index (χ4n) is 4.34. The van der Waals surface area contributed by atoms with E-state index in [1.165, 1.54) is 110 Å². The Morgan fingerprint density at radius 2 is 1.06 bits per heavy atom. The van der Waals surface area contributed by atoms with E-state index in [2.05, 4.69) is 51.3 Å². The first kappa shape index (κ1) is 30.9. The van der Waals surface area contributed by atoms with E-state index in [4.69, 9.17) is 0 Å². The first-order valence-corrected chi connectivity index (χ1v) is 14.5. The van der Waals surface area contributed by atoms with Crippen molar-refractivity contribution in [1.29, 1.82) is 0 Å². The van der Waals surface area contributed by atoms with Crippen LogP contribution in [-0.2, 0) is 0 Å². The molecule has 31 heavy (non-hydrogen) atoms. The SMILES string of the molecule is C1CCN(C2CCC2)CC1.CC.CC1CCCN(C2CCC2)C1.CCC.CCC(C)C. The highest BCUT2D eigenvalue weighted by molar-refractivity contribution is 4.83. The summed E-state index contributed by atoms with van der Waals surface area (Å²) in [7, 11) is 0. The van der Waals surface area contributed by atoms with Gasteiger partial charge in [-0.3, -0.25) is 0 Å². The zero-order chi connectivity index (χ0) is 23.5. The van der Waals surface area contributed by atoms with Crippen LogP contribution in [0.25, 0.3) is 0 Å². The Bertz CT molecular complexity index is 354. The Labute approximate surface area is 198 Å². The average molecular weight is 439 g/mol. The molecule has 2 heterocycles. The minimum atomic E-state index is 0.884. The molecule has 0 aromatic heterocycles. The summed E-state index contributed by atoms with van der Waals surface area (Å²) in [6.45, 7) is 22.8. The molecule has 4 fully saturated rings. The summed E-state index contributed by atoms with van der Waals surface area (Å²) < 4.78 is 0. The van der Waals surface area contributed by atoms with Crippen LogP contribution in [0.4, 0.5) is 0 Å². The van der Waals surface area contributed by atoms with Crippen LogP contribution in [0.3, 0.4) is 0 Å². The number of nitrogens with zero attached hydrogens (tertiary/aromatic N) is 2. The molecular weight excluding hydrogens is 376 g/mol. The molecule has 0 aromatic carbocycles. The van der Waals surface area contributed by atoms with Gasteiger partial charge in [-0.25, -0.2) is 0 Å². The molecule has 2 aliphatic carbocycles. The summed E-state index contributed by atoms with van der Waals surface area (Å²) in [5.41, 5.74) is 0. The molecule has 1 atom stereocenters. The summed E-state index contributed by atoms with van der Waals surface area (Å²) in [4.78, 5) is 5.42. The van der Waals surface area contributed by atoms with Crippen LogP contribution in [0.2, 0.25) is 0 Å². The summed E-state index contributed by atoms with van der Waals surface area (Å²) in [5.74, 6) is 1.85. The van der Waals surface area contributed by atoms with Crippen molar-refractivity contribution in [3.8, 4) is 0 Å². The van der Waals surface area contributed by atoms with E-state index in [-0.39, 0.29) is 0 Å². The lowest BCUT2D eigenvalue weighted by Gasteiger charge is -2.41. The van der Waals surface area contributed by atoms with E-state index >= 15 is 0 Å². The zero-order valence-electron chi connectivity index (χ0n) is 23.2. The maximum atomic E-state index is 2.72. The molecular formula is C29H62N2. The third-order valence-electron chi connectivity index (χ3n) is 7.08. The van der Waals surface area contributed by atoms with E-state index in [1.54, 1.807) is 0 Å². The largest absolute Gasteiger partial charge is 0.300 e. The summed E-state index contributed by atoms with van der Waals surface area (Å²) in [6.07, 6.45) is 18.7. The summed E-state index contributed by atoms with van der Waals surface area (Å²) >= 11 is 0.